The molecule has 12 rings (SSSR count). The zero-order valence-corrected chi connectivity index (χ0v) is 30.7. The van der Waals surface area contributed by atoms with E-state index in [1.165, 1.54) is 77.5 Å². The predicted octanol–water partition coefficient (Wildman–Crippen LogP) is 14.6. The van der Waals surface area contributed by atoms with Crippen molar-refractivity contribution in [1.29, 1.82) is 0 Å². The number of para-hydroxylation sites is 2. The van der Waals surface area contributed by atoms with Crippen molar-refractivity contribution in [2.24, 2.45) is 0 Å². The Kier molecular flexibility index (Phi) is 5.68. The Bertz CT molecular complexity index is 3270. The largest absolute Gasteiger partial charge is 0.456 e. The molecule has 0 amide bonds. The van der Waals surface area contributed by atoms with Gasteiger partial charge in [-0.05, 0) is 132 Å². The molecule has 2 heteroatoms. The van der Waals surface area contributed by atoms with Crippen molar-refractivity contribution in [3.05, 3.63) is 168 Å². The van der Waals surface area contributed by atoms with Gasteiger partial charge in [0.15, 0.2) is 0 Å². The summed E-state index contributed by atoms with van der Waals surface area (Å²) in [5.41, 5.74) is 19.3. The zero-order valence-electron chi connectivity index (χ0n) is 30.7. The molecular weight excluding hydrogens is 657 g/mol. The first kappa shape index (κ1) is 30.1. The Hall–Kier alpha value is -6.38. The van der Waals surface area contributed by atoms with Gasteiger partial charge in [-0.25, -0.2) is 0 Å². The van der Waals surface area contributed by atoms with Crippen LogP contribution in [-0.4, -0.2) is 0 Å². The summed E-state index contributed by atoms with van der Waals surface area (Å²) in [7, 11) is 0. The molecule has 2 aliphatic carbocycles. The number of hydrogen-bond donors (Lipinski definition) is 0. The summed E-state index contributed by atoms with van der Waals surface area (Å²) < 4.78 is 12.4. The van der Waals surface area contributed by atoms with Gasteiger partial charge in [-0.3, -0.25) is 0 Å². The van der Waals surface area contributed by atoms with Gasteiger partial charge in [0.05, 0.1) is 0 Å². The SMILES string of the molecule is CC1(C)c2cc(-c3ccc4oc5ccccc5c4c3)ccc2-c2cc3c(cc21)C(C)(C)c1cc(-c2ccc4oc5ccccc5c4c2)c2ccccc2c1-3. The number of furan rings is 2. The maximum absolute atomic E-state index is 6.21. The topological polar surface area (TPSA) is 26.3 Å². The van der Waals surface area contributed by atoms with Gasteiger partial charge in [0.2, 0.25) is 0 Å². The van der Waals surface area contributed by atoms with E-state index in [9.17, 15) is 0 Å². The highest BCUT2D eigenvalue weighted by molar-refractivity contribution is 6.12. The van der Waals surface area contributed by atoms with Gasteiger partial charge in [-0.1, -0.05) is 119 Å². The van der Waals surface area contributed by atoms with E-state index >= 15 is 0 Å². The molecule has 0 unspecified atom stereocenters. The summed E-state index contributed by atoms with van der Waals surface area (Å²) >= 11 is 0. The molecule has 256 valence electrons. The van der Waals surface area contributed by atoms with Crippen LogP contribution in [0.3, 0.4) is 0 Å². The van der Waals surface area contributed by atoms with Gasteiger partial charge in [-0.15, -0.1) is 0 Å². The minimum absolute atomic E-state index is 0.150. The van der Waals surface area contributed by atoms with Gasteiger partial charge < -0.3 is 8.83 Å². The predicted molar refractivity (Wildman–Crippen MR) is 225 cm³/mol. The molecule has 0 bridgehead atoms. The lowest BCUT2D eigenvalue weighted by atomic mass is 9.77. The lowest BCUT2D eigenvalue weighted by molar-refractivity contribution is 0.639. The van der Waals surface area contributed by atoms with Crippen molar-refractivity contribution in [3.8, 4) is 44.5 Å². The molecule has 2 aromatic heterocycles. The lowest BCUT2D eigenvalue weighted by Crippen LogP contribution is -2.19. The fourth-order valence-electron chi connectivity index (χ4n) is 10.0. The van der Waals surface area contributed by atoms with Crippen LogP contribution in [0.25, 0.3) is 99.2 Å². The Morgan fingerprint density at radius 2 is 0.815 bits per heavy atom. The average Bonchev–Trinajstić information content (AvgIpc) is 3.88. The van der Waals surface area contributed by atoms with E-state index in [1.807, 2.05) is 18.2 Å². The fraction of sp³-hybridized carbons (Fsp3) is 0.115. The van der Waals surface area contributed by atoms with Crippen LogP contribution in [-0.2, 0) is 10.8 Å². The van der Waals surface area contributed by atoms with Crippen molar-refractivity contribution < 1.29 is 8.83 Å². The Morgan fingerprint density at radius 3 is 1.52 bits per heavy atom. The maximum atomic E-state index is 6.21. The highest BCUT2D eigenvalue weighted by atomic mass is 16.3. The minimum atomic E-state index is -0.177. The molecule has 54 heavy (non-hydrogen) atoms. The summed E-state index contributed by atoms with van der Waals surface area (Å²) in [5.74, 6) is 0. The van der Waals surface area contributed by atoms with Crippen molar-refractivity contribution in [1.82, 2.24) is 0 Å². The first-order valence-electron chi connectivity index (χ1n) is 19.0. The molecule has 0 radical (unpaired) electrons. The minimum Gasteiger partial charge on any atom is -0.456 e. The van der Waals surface area contributed by atoms with Gasteiger partial charge in [0.1, 0.15) is 22.3 Å². The Balaban J connectivity index is 1.03. The maximum Gasteiger partial charge on any atom is 0.135 e. The molecule has 0 atom stereocenters. The van der Waals surface area contributed by atoms with Crippen molar-refractivity contribution in [2.75, 3.05) is 0 Å². The first-order chi connectivity index (χ1) is 26.3. The number of hydrogen-bond acceptors (Lipinski definition) is 2. The van der Waals surface area contributed by atoms with Crippen LogP contribution in [0.5, 0.6) is 0 Å². The molecule has 0 spiro atoms. The van der Waals surface area contributed by atoms with Crippen molar-refractivity contribution >= 4 is 54.6 Å². The van der Waals surface area contributed by atoms with E-state index in [2.05, 4.69) is 155 Å². The van der Waals surface area contributed by atoms with E-state index in [0.29, 0.717) is 0 Å². The van der Waals surface area contributed by atoms with E-state index in [-0.39, 0.29) is 10.8 Å². The summed E-state index contributed by atoms with van der Waals surface area (Å²) in [4.78, 5) is 0. The third-order valence-corrected chi connectivity index (χ3v) is 12.9. The van der Waals surface area contributed by atoms with Gasteiger partial charge in [0.25, 0.3) is 0 Å². The van der Waals surface area contributed by atoms with Crippen molar-refractivity contribution in [2.45, 2.75) is 38.5 Å². The fourth-order valence-corrected chi connectivity index (χ4v) is 10.0. The van der Waals surface area contributed by atoms with E-state index in [1.54, 1.807) is 0 Å². The van der Waals surface area contributed by atoms with Crippen LogP contribution in [0, 0.1) is 0 Å². The average molecular weight is 693 g/mol. The van der Waals surface area contributed by atoms with Gasteiger partial charge in [0, 0.05) is 32.4 Å². The summed E-state index contributed by atoms with van der Waals surface area (Å²) in [6.45, 7) is 9.63. The van der Waals surface area contributed by atoms with Gasteiger partial charge in [-0.2, -0.15) is 0 Å². The van der Waals surface area contributed by atoms with E-state index in [0.717, 1.165) is 43.9 Å². The van der Waals surface area contributed by atoms with Crippen LogP contribution in [0.1, 0.15) is 49.9 Å². The number of rotatable bonds is 2. The van der Waals surface area contributed by atoms with Crippen LogP contribution >= 0.6 is 0 Å². The number of benzene rings is 8. The highest BCUT2D eigenvalue weighted by Crippen LogP contribution is 2.58. The second-order valence-corrected chi connectivity index (χ2v) is 16.5. The molecule has 2 nitrogen and oxygen atoms in total. The third kappa shape index (κ3) is 3.85. The van der Waals surface area contributed by atoms with Crippen LogP contribution < -0.4 is 0 Å². The molecule has 0 fully saturated rings. The standard InChI is InChI=1S/C52H36O2/c1-51(2)42-25-30(29-18-21-48-39(23-29)34-12-7-9-15-46(34)53-48)17-20-33(42)38-26-41-44(28-43(38)51)52(3,4)45-27-37(32-11-5-6-14-36(32)50(41)45)31-19-22-49-40(24-31)35-13-8-10-16-47(35)54-49/h5-28H,1-4H3. The Labute approximate surface area is 313 Å². The quantitative estimate of drug-likeness (QED) is 0.180. The van der Waals surface area contributed by atoms with Crippen LogP contribution in [0.4, 0.5) is 0 Å². The summed E-state index contributed by atoms with van der Waals surface area (Å²) in [6, 6.07) is 53.6. The van der Waals surface area contributed by atoms with Crippen molar-refractivity contribution in [3.63, 3.8) is 0 Å². The van der Waals surface area contributed by atoms with Gasteiger partial charge >= 0.3 is 0 Å². The molecule has 2 aliphatic rings. The van der Waals surface area contributed by atoms with Crippen LogP contribution in [0.2, 0.25) is 0 Å². The van der Waals surface area contributed by atoms with E-state index < -0.39 is 0 Å². The first-order valence-corrected chi connectivity index (χ1v) is 19.0. The summed E-state index contributed by atoms with van der Waals surface area (Å²) in [6.07, 6.45) is 0. The second kappa shape index (κ2) is 10.2. The lowest BCUT2D eigenvalue weighted by Gasteiger charge is -2.26. The molecule has 0 saturated carbocycles. The smallest absolute Gasteiger partial charge is 0.135 e. The second-order valence-electron chi connectivity index (χ2n) is 16.5. The molecular formula is C52H36O2. The molecule has 0 saturated heterocycles. The molecule has 0 N–H and O–H groups in total. The summed E-state index contributed by atoms with van der Waals surface area (Å²) in [5, 5.41) is 7.22. The van der Waals surface area contributed by atoms with Crippen LogP contribution in [0.15, 0.2) is 154 Å². The normalized spacial score (nSPS) is 15.0. The number of fused-ring (bicyclic) bond motifs is 14. The Morgan fingerprint density at radius 1 is 0.315 bits per heavy atom. The molecule has 2 heterocycles. The zero-order chi connectivity index (χ0) is 36.1. The molecule has 8 aromatic carbocycles. The molecule has 10 aromatic rings. The monoisotopic (exact) mass is 692 g/mol. The third-order valence-electron chi connectivity index (χ3n) is 12.9. The highest BCUT2D eigenvalue weighted by Gasteiger charge is 2.42. The van der Waals surface area contributed by atoms with E-state index in [4.69, 9.17) is 8.83 Å². The molecule has 0 aliphatic heterocycles.